The molecular formula is C8H7F3O4. The predicted molar refractivity (Wildman–Crippen MR) is 39.7 cm³/mol. The zero-order chi connectivity index (χ0) is 11.1. The Balaban J connectivity index is 1.94. The van der Waals surface area contributed by atoms with Gasteiger partial charge in [0.25, 0.3) is 0 Å². The van der Waals surface area contributed by atoms with Gasteiger partial charge in [0.05, 0.1) is 12.9 Å². The van der Waals surface area contributed by atoms with Crippen molar-refractivity contribution in [1.29, 1.82) is 0 Å². The molecule has 2 heterocycles. The molecule has 3 unspecified atom stereocenters. The number of hydrogen-bond acceptors (Lipinski definition) is 4. The van der Waals surface area contributed by atoms with Crippen LogP contribution in [0.4, 0.5) is 13.2 Å². The maximum absolute atomic E-state index is 11.9. The number of rotatable bonds is 1. The van der Waals surface area contributed by atoms with Crippen molar-refractivity contribution >= 4 is 5.97 Å². The molecule has 0 bridgehead atoms. The van der Waals surface area contributed by atoms with E-state index in [1.807, 2.05) is 0 Å². The minimum Gasteiger partial charge on any atom is -0.491 e. The molecule has 0 spiro atoms. The lowest BCUT2D eigenvalue weighted by Crippen LogP contribution is -2.37. The van der Waals surface area contributed by atoms with Crippen molar-refractivity contribution in [3.8, 4) is 0 Å². The zero-order valence-corrected chi connectivity index (χ0v) is 7.36. The highest BCUT2D eigenvalue weighted by molar-refractivity contribution is 5.75. The van der Waals surface area contributed by atoms with Gasteiger partial charge in [0, 0.05) is 0 Å². The second kappa shape index (κ2) is 3.41. The minimum absolute atomic E-state index is 0.0819. The van der Waals surface area contributed by atoms with E-state index < -0.39 is 30.5 Å². The van der Waals surface area contributed by atoms with E-state index in [0.717, 1.165) is 0 Å². The van der Waals surface area contributed by atoms with Crippen LogP contribution in [0.2, 0.25) is 0 Å². The molecule has 0 aromatic carbocycles. The summed E-state index contributed by atoms with van der Waals surface area (Å²) in [6.45, 7) is -0.0819. The van der Waals surface area contributed by atoms with E-state index in [2.05, 4.69) is 4.74 Å². The highest BCUT2D eigenvalue weighted by Gasteiger charge is 2.48. The number of hydrogen-bond donors (Lipinski definition) is 0. The molecule has 1 fully saturated rings. The van der Waals surface area contributed by atoms with Crippen molar-refractivity contribution in [2.24, 2.45) is 0 Å². The van der Waals surface area contributed by atoms with Crippen LogP contribution in [0.5, 0.6) is 0 Å². The van der Waals surface area contributed by atoms with Gasteiger partial charge in [0.1, 0.15) is 6.10 Å². The summed E-state index contributed by atoms with van der Waals surface area (Å²) in [6, 6.07) is 0. The first kappa shape index (κ1) is 10.3. The molecule has 2 rings (SSSR count). The van der Waals surface area contributed by atoms with E-state index in [4.69, 9.17) is 9.47 Å². The van der Waals surface area contributed by atoms with Gasteiger partial charge in [-0.2, -0.15) is 13.2 Å². The minimum atomic E-state index is -4.98. The predicted octanol–water partition coefficient (Wildman–Crippen LogP) is 0.772. The maximum atomic E-state index is 11.9. The zero-order valence-electron chi connectivity index (χ0n) is 7.36. The molecule has 0 radical (unpaired) electrons. The van der Waals surface area contributed by atoms with Crippen molar-refractivity contribution in [2.75, 3.05) is 6.61 Å². The Morgan fingerprint density at radius 1 is 1.47 bits per heavy atom. The Morgan fingerprint density at radius 2 is 2.20 bits per heavy atom. The first-order valence-electron chi connectivity index (χ1n) is 4.20. The van der Waals surface area contributed by atoms with Gasteiger partial charge in [-0.1, -0.05) is 0 Å². The molecule has 2 aliphatic rings. The van der Waals surface area contributed by atoms with Crippen LogP contribution in [-0.4, -0.2) is 37.1 Å². The number of ether oxygens (including phenoxy) is 3. The number of halogens is 3. The molecule has 0 saturated carbocycles. The van der Waals surface area contributed by atoms with Crippen molar-refractivity contribution in [1.82, 2.24) is 0 Å². The fourth-order valence-electron chi connectivity index (χ4n) is 1.46. The number of esters is 1. The normalized spacial score (nSPS) is 33.7. The molecular weight excluding hydrogens is 217 g/mol. The third kappa shape index (κ3) is 1.92. The van der Waals surface area contributed by atoms with Crippen molar-refractivity contribution < 1.29 is 32.2 Å². The smallest absolute Gasteiger partial charge is 0.490 e. The molecule has 2 aliphatic heterocycles. The number of carbonyl (C=O) groups is 1. The molecule has 1 saturated heterocycles. The first-order chi connectivity index (χ1) is 6.98. The Hall–Kier alpha value is -1.24. The van der Waals surface area contributed by atoms with E-state index in [1.54, 1.807) is 6.08 Å². The summed E-state index contributed by atoms with van der Waals surface area (Å²) in [5, 5.41) is 0. The summed E-state index contributed by atoms with van der Waals surface area (Å²) in [5.74, 6) is -2.22. The second-order valence-corrected chi connectivity index (χ2v) is 3.17. The second-order valence-electron chi connectivity index (χ2n) is 3.17. The van der Waals surface area contributed by atoms with Gasteiger partial charge in [-0.25, -0.2) is 4.79 Å². The monoisotopic (exact) mass is 224 g/mol. The fourth-order valence-corrected chi connectivity index (χ4v) is 1.46. The van der Waals surface area contributed by atoms with Crippen LogP contribution in [0.15, 0.2) is 12.3 Å². The average Bonchev–Trinajstić information content (AvgIpc) is 2.67. The van der Waals surface area contributed by atoms with Gasteiger partial charge in [-0.15, -0.1) is 0 Å². The van der Waals surface area contributed by atoms with Gasteiger partial charge in [-0.05, 0) is 6.08 Å². The Kier molecular flexibility index (Phi) is 2.34. The van der Waals surface area contributed by atoms with Crippen LogP contribution in [0.3, 0.4) is 0 Å². The lowest BCUT2D eigenvalue weighted by atomic mass is 10.2. The number of alkyl halides is 3. The quantitative estimate of drug-likeness (QED) is 0.617. The van der Waals surface area contributed by atoms with Crippen LogP contribution in [-0.2, 0) is 19.0 Å². The van der Waals surface area contributed by atoms with Crippen molar-refractivity contribution in [2.45, 2.75) is 24.5 Å². The lowest BCUT2D eigenvalue weighted by molar-refractivity contribution is -0.207. The molecule has 84 valence electrons. The molecule has 0 amide bonds. The summed E-state index contributed by atoms with van der Waals surface area (Å²) in [6.07, 6.45) is -4.18. The number of carbonyl (C=O) groups excluding carboxylic acids is 1. The van der Waals surface area contributed by atoms with Crippen LogP contribution < -0.4 is 0 Å². The Morgan fingerprint density at radius 3 is 2.87 bits per heavy atom. The lowest BCUT2D eigenvalue weighted by Gasteiger charge is -2.17. The Bertz CT molecular complexity index is 299. The van der Waals surface area contributed by atoms with E-state index in [9.17, 15) is 18.0 Å². The van der Waals surface area contributed by atoms with Crippen LogP contribution in [0, 0.1) is 0 Å². The highest BCUT2D eigenvalue weighted by atomic mass is 19.4. The molecule has 7 heteroatoms. The molecule has 4 nitrogen and oxygen atoms in total. The molecule has 0 aromatic heterocycles. The van der Waals surface area contributed by atoms with Crippen molar-refractivity contribution in [3.63, 3.8) is 0 Å². The molecule has 0 aliphatic carbocycles. The van der Waals surface area contributed by atoms with Gasteiger partial charge >= 0.3 is 12.1 Å². The third-order valence-corrected chi connectivity index (χ3v) is 2.14. The maximum Gasteiger partial charge on any atom is 0.490 e. The largest absolute Gasteiger partial charge is 0.491 e. The third-order valence-electron chi connectivity index (χ3n) is 2.14. The highest BCUT2D eigenvalue weighted by Crippen LogP contribution is 2.28. The first-order valence-corrected chi connectivity index (χ1v) is 4.20. The standard InChI is InChI=1S/C8H7F3O4/c9-8(10,11)7(12)15-5-3-14-4-1-2-13-6(4)5/h1-2,4-6H,3H2. The van der Waals surface area contributed by atoms with E-state index in [1.165, 1.54) is 6.26 Å². The topological polar surface area (TPSA) is 44.8 Å². The molecule has 3 atom stereocenters. The van der Waals surface area contributed by atoms with Gasteiger partial charge in [-0.3, -0.25) is 0 Å². The van der Waals surface area contributed by atoms with Crippen LogP contribution >= 0.6 is 0 Å². The van der Waals surface area contributed by atoms with Gasteiger partial charge < -0.3 is 14.2 Å². The summed E-state index contributed by atoms with van der Waals surface area (Å²) < 4.78 is 49.9. The Labute approximate surface area is 82.6 Å². The SMILES string of the molecule is O=C(OC1COC2C=COC21)C(F)(F)F. The fraction of sp³-hybridized carbons (Fsp3) is 0.625. The molecule has 15 heavy (non-hydrogen) atoms. The van der Waals surface area contributed by atoms with Crippen LogP contribution in [0.1, 0.15) is 0 Å². The van der Waals surface area contributed by atoms with Gasteiger partial charge in [0.2, 0.25) is 0 Å². The average molecular weight is 224 g/mol. The summed E-state index contributed by atoms with van der Waals surface area (Å²) in [4.78, 5) is 10.5. The molecule has 0 N–H and O–H groups in total. The van der Waals surface area contributed by atoms with E-state index >= 15 is 0 Å². The van der Waals surface area contributed by atoms with E-state index in [-0.39, 0.29) is 6.61 Å². The molecule has 0 aromatic rings. The summed E-state index contributed by atoms with van der Waals surface area (Å²) in [7, 11) is 0. The number of fused-ring (bicyclic) bond motifs is 1. The van der Waals surface area contributed by atoms with Gasteiger partial charge in [0.15, 0.2) is 12.2 Å². The van der Waals surface area contributed by atoms with Crippen LogP contribution in [0.25, 0.3) is 0 Å². The summed E-state index contributed by atoms with van der Waals surface area (Å²) >= 11 is 0. The van der Waals surface area contributed by atoms with E-state index in [0.29, 0.717) is 0 Å². The summed E-state index contributed by atoms with van der Waals surface area (Å²) in [5.41, 5.74) is 0. The van der Waals surface area contributed by atoms with Crippen molar-refractivity contribution in [3.05, 3.63) is 12.3 Å².